The number of aromatic nitrogens is 7. The molecule has 0 atom stereocenters. The molecular weight excluding hydrogens is 514 g/mol. The van der Waals surface area contributed by atoms with Gasteiger partial charge in [0.2, 0.25) is 5.95 Å². The minimum Gasteiger partial charge on any atom is -0.496 e. The third kappa shape index (κ3) is 4.60. The summed E-state index contributed by atoms with van der Waals surface area (Å²) >= 11 is 0. The van der Waals surface area contributed by atoms with Gasteiger partial charge in [0.1, 0.15) is 11.3 Å². The molecular formula is C31H37N9O. The molecule has 10 nitrogen and oxygen atoms in total. The molecule has 6 heterocycles. The number of ether oxygens (including phenoxy) is 1. The zero-order valence-electron chi connectivity index (χ0n) is 24.5. The van der Waals surface area contributed by atoms with Crippen LogP contribution in [0.4, 0.5) is 5.95 Å². The number of imidazole rings is 1. The van der Waals surface area contributed by atoms with Crippen LogP contribution < -0.4 is 9.64 Å². The maximum Gasteiger partial charge on any atom is 0.206 e. The van der Waals surface area contributed by atoms with Crippen LogP contribution in [0.25, 0.3) is 39.0 Å². The second-order valence-corrected chi connectivity index (χ2v) is 11.7. The van der Waals surface area contributed by atoms with Crippen LogP contribution in [-0.4, -0.2) is 79.0 Å². The topological polar surface area (TPSA) is 90.0 Å². The van der Waals surface area contributed by atoms with Gasteiger partial charge >= 0.3 is 0 Å². The number of aryl methyl sites for hydroxylation is 2. The average molecular weight is 552 g/mol. The molecule has 0 amide bonds. The van der Waals surface area contributed by atoms with Crippen LogP contribution >= 0.6 is 0 Å². The Balaban J connectivity index is 1.31. The van der Waals surface area contributed by atoms with E-state index < -0.39 is 0 Å². The Morgan fingerprint density at radius 1 is 1.00 bits per heavy atom. The highest BCUT2D eigenvalue weighted by Gasteiger charge is 2.28. The van der Waals surface area contributed by atoms with Gasteiger partial charge in [0.05, 0.1) is 41.3 Å². The van der Waals surface area contributed by atoms with Crippen LogP contribution in [0.5, 0.6) is 5.75 Å². The van der Waals surface area contributed by atoms with Gasteiger partial charge in [-0.05, 0) is 43.7 Å². The fourth-order valence-corrected chi connectivity index (χ4v) is 6.02. The number of rotatable bonds is 7. The average Bonchev–Trinajstić information content (AvgIpc) is 3.59. The number of pyridine rings is 3. The van der Waals surface area contributed by atoms with Gasteiger partial charge in [-0.25, -0.2) is 14.6 Å². The summed E-state index contributed by atoms with van der Waals surface area (Å²) in [6.07, 6.45) is 8.19. The van der Waals surface area contributed by atoms with Crippen LogP contribution in [-0.2, 0) is 7.05 Å². The van der Waals surface area contributed by atoms with Gasteiger partial charge in [-0.2, -0.15) is 5.10 Å². The van der Waals surface area contributed by atoms with Crippen molar-refractivity contribution in [3.05, 3.63) is 48.2 Å². The third-order valence-corrected chi connectivity index (χ3v) is 8.53. The number of hydrogen-bond donors (Lipinski definition) is 0. The van der Waals surface area contributed by atoms with Gasteiger partial charge in [-0.15, -0.1) is 0 Å². The van der Waals surface area contributed by atoms with Gasteiger partial charge in [-0.1, -0.05) is 13.8 Å². The van der Waals surface area contributed by atoms with E-state index in [2.05, 4.69) is 46.3 Å². The van der Waals surface area contributed by atoms with Gasteiger partial charge in [-0.3, -0.25) is 14.9 Å². The summed E-state index contributed by atoms with van der Waals surface area (Å²) in [5.41, 5.74) is 6.48. The summed E-state index contributed by atoms with van der Waals surface area (Å²) in [4.78, 5) is 24.5. The summed E-state index contributed by atoms with van der Waals surface area (Å²) in [6, 6.07) is 6.02. The van der Waals surface area contributed by atoms with Crippen molar-refractivity contribution in [2.45, 2.75) is 39.5 Å². The van der Waals surface area contributed by atoms with Gasteiger partial charge in [0.15, 0.2) is 5.82 Å². The minimum atomic E-state index is 0.205. The van der Waals surface area contributed by atoms with Crippen molar-refractivity contribution in [3.63, 3.8) is 0 Å². The Morgan fingerprint density at radius 2 is 1.80 bits per heavy atom. The zero-order chi connectivity index (χ0) is 28.2. The highest BCUT2D eigenvalue weighted by molar-refractivity contribution is 5.88. The number of hydrogen-bond acceptors (Lipinski definition) is 8. The second-order valence-electron chi connectivity index (χ2n) is 11.7. The van der Waals surface area contributed by atoms with Gasteiger partial charge in [0, 0.05) is 69.3 Å². The lowest BCUT2D eigenvalue weighted by Gasteiger charge is -2.35. The molecule has 10 heteroatoms. The fraction of sp³-hybridized carbons (Fsp3) is 0.452. The van der Waals surface area contributed by atoms with Gasteiger partial charge < -0.3 is 14.2 Å². The molecule has 5 aromatic heterocycles. The standard InChI is InChI=1S/C31H37N9O/c1-19(2)29-30-26(37(4)31(36-30)39-12-10-38(11-13-39)18-21-6-7-21)15-28(35-29)40-25-14-24(34-20(3)22(25)17-33-40)23-16-32-9-8-27(23)41-5/h8-9,14-17,19,21H,6-7,10-13,18H2,1-5H3. The Hall–Kier alpha value is -4.05. The molecule has 2 aliphatic rings. The molecule has 7 rings (SSSR count). The molecule has 0 bridgehead atoms. The molecule has 41 heavy (non-hydrogen) atoms. The monoisotopic (exact) mass is 551 g/mol. The SMILES string of the molecule is COc1ccncc1-c1cc2c(cnn2-c2cc3c(nc(N4CCN(CC5CC5)CC4)n3C)c(C(C)C)n2)c(C)n1. The predicted molar refractivity (Wildman–Crippen MR) is 161 cm³/mol. The van der Waals surface area contributed by atoms with Crippen LogP contribution in [0.15, 0.2) is 36.8 Å². The maximum atomic E-state index is 5.60. The first kappa shape index (κ1) is 25.9. The van der Waals surface area contributed by atoms with E-state index in [1.807, 2.05) is 29.9 Å². The second kappa shape index (κ2) is 10.1. The Bertz CT molecular complexity index is 1740. The molecule has 0 aromatic carbocycles. The van der Waals surface area contributed by atoms with Crippen LogP contribution in [0, 0.1) is 12.8 Å². The van der Waals surface area contributed by atoms with E-state index >= 15 is 0 Å². The minimum absolute atomic E-state index is 0.205. The van der Waals surface area contributed by atoms with Crippen LogP contribution in [0.1, 0.15) is 44.0 Å². The fourth-order valence-electron chi connectivity index (χ4n) is 6.02. The first-order chi connectivity index (χ1) is 19.9. The lowest BCUT2D eigenvalue weighted by atomic mass is 10.1. The molecule has 2 fully saturated rings. The van der Waals surface area contributed by atoms with Crippen LogP contribution in [0.3, 0.4) is 0 Å². The summed E-state index contributed by atoms with van der Waals surface area (Å²) in [5, 5.41) is 5.78. The Labute approximate surface area is 240 Å². The molecule has 1 saturated heterocycles. The summed E-state index contributed by atoms with van der Waals surface area (Å²) in [5.74, 6) is 3.65. The number of anilines is 1. The van der Waals surface area contributed by atoms with Crippen molar-refractivity contribution in [2.75, 3.05) is 44.7 Å². The molecule has 5 aromatic rings. The molecule has 0 unspecified atom stereocenters. The number of fused-ring (bicyclic) bond motifs is 2. The largest absolute Gasteiger partial charge is 0.496 e. The van der Waals surface area contributed by atoms with Crippen molar-refractivity contribution in [2.24, 2.45) is 13.0 Å². The Kier molecular flexibility index (Phi) is 6.37. The highest BCUT2D eigenvalue weighted by atomic mass is 16.5. The lowest BCUT2D eigenvalue weighted by molar-refractivity contribution is 0.246. The van der Waals surface area contributed by atoms with Crippen molar-refractivity contribution in [1.29, 1.82) is 0 Å². The predicted octanol–water partition coefficient (Wildman–Crippen LogP) is 4.74. The van der Waals surface area contributed by atoms with Crippen molar-refractivity contribution < 1.29 is 4.74 Å². The van der Waals surface area contributed by atoms with Gasteiger partial charge in [0.25, 0.3) is 0 Å². The first-order valence-corrected chi connectivity index (χ1v) is 14.6. The number of nitrogens with zero attached hydrogens (tertiary/aromatic N) is 9. The van der Waals surface area contributed by atoms with E-state index in [4.69, 9.17) is 24.8 Å². The van der Waals surface area contributed by atoms with Crippen molar-refractivity contribution >= 4 is 27.9 Å². The summed E-state index contributed by atoms with van der Waals surface area (Å²) < 4.78 is 9.75. The van der Waals surface area contributed by atoms with Crippen molar-refractivity contribution in [3.8, 4) is 22.8 Å². The van der Waals surface area contributed by atoms with E-state index in [-0.39, 0.29) is 5.92 Å². The molecule has 0 N–H and O–H groups in total. The summed E-state index contributed by atoms with van der Waals surface area (Å²) in [6.45, 7) is 11.8. The van der Waals surface area contributed by atoms with E-state index in [0.717, 1.165) is 94.2 Å². The normalized spacial score (nSPS) is 16.4. The Morgan fingerprint density at radius 3 is 2.54 bits per heavy atom. The first-order valence-electron chi connectivity index (χ1n) is 14.6. The van der Waals surface area contributed by atoms with Crippen LogP contribution in [0.2, 0.25) is 0 Å². The molecule has 1 saturated carbocycles. The molecule has 0 spiro atoms. The number of methoxy groups -OCH3 is 1. The zero-order valence-corrected chi connectivity index (χ0v) is 24.5. The third-order valence-electron chi connectivity index (χ3n) is 8.53. The van der Waals surface area contributed by atoms with E-state index in [9.17, 15) is 0 Å². The molecule has 212 valence electrons. The van der Waals surface area contributed by atoms with E-state index in [1.54, 1.807) is 19.5 Å². The molecule has 1 aliphatic carbocycles. The summed E-state index contributed by atoms with van der Waals surface area (Å²) in [7, 11) is 3.79. The highest BCUT2D eigenvalue weighted by Crippen LogP contribution is 2.34. The number of piperazine rings is 1. The molecule has 1 aliphatic heterocycles. The molecule has 0 radical (unpaired) electrons. The lowest BCUT2D eigenvalue weighted by Crippen LogP contribution is -2.47. The quantitative estimate of drug-likeness (QED) is 0.287. The smallest absolute Gasteiger partial charge is 0.206 e. The maximum absolute atomic E-state index is 5.60. The van der Waals surface area contributed by atoms with Crippen molar-refractivity contribution in [1.82, 2.24) is 39.2 Å². The van der Waals surface area contributed by atoms with E-state index in [0.29, 0.717) is 0 Å². The van der Waals surface area contributed by atoms with E-state index in [1.165, 1.54) is 19.4 Å².